The number of halogens is 1. The van der Waals surface area contributed by atoms with Crippen molar-refractivity contribution >= 4 is 45.2 Å². The van der Waals surface area contributed by atoms with E-state index in [1.807, 2.05) is 53.4 Å². The van der Waals surface area contributed by atoms with Crippen molar-refractivity contribution in [3.63, 3.8) is 0 Å². The maximum absolute atomic E-state index is 12.9. The van der Waals surface area contributed by atoms with Gasteiger partial charge in [0.2, 0.25) is 5.91 Å². The molecule has 5 nitrogen and oxygen atoms in total. The summed E-state index contributed by atoms with van der Waals surface area (Å²) >= 11 is 3.51. The van der Waals surface area contributed by atoms with Crippen molar-refractivity contribution in [2.45, 2.75) is 18.3 Å². The summed E-state index contributed by atoms with van der Waals surface area (Å²) in [6, 6.07) is 13.6. The molecule has 6 heteroatoms. The molecule has 0 saturated carbocycles. The molecule has 5 rings (SSSR count). The second kappa shape index (κ2) is 5.96. The van der Waals surface area contributed by atoms with E-state index in [2.05, 4.69) is 26.6 Å². The fraction of sp³-hybridized carbons (Fsp3) is 0.238. The van der Waals surface area contributed by atoms with Gasteiger partial charge in [0.25, 0.3) is 5.91 Å². The van der Waals surface area contributed by atoms with E-state index in [1.165, 1.54) is 0 Å². The molecule has 0 unspecified atom stereocenters. The summed E-state index contributed by atoms with van der Waals surface area (Å²) in [6.45, 7) is 1.09. The third-order valence-corrected chi connectivity index (χ3v) is 6.27. The van der Waals surface area contributed by atoms with Crippen molar-refractivity contribution in [1.29, 1.82) is 0 Å². The molecule has 2 aromatic carbocycles. The zero-order valence-corrected chi connectivity index (χ0v) is 16.1. The van der Waals surface area contributed by atoms with Gasteiger partial charge in [0.05, 0.1) is 11.1 Å². The number of carbonyl (C=O) groups excluding carboxylic acids is 2. The van der Waals surface area contributed by atoms with Crippen LogP contribution in [0.3, 0.4) is 0 Å². The van der Waals surface area contributed by atoms with Crippen molar-refractivity contribution in [3.8, 4) is 0 Å². The molecule has 1 N–H and O–H groups in total. The molecule has 2 amide bonds. The van der Waals surface area contributed by atoms with Crippen LogP contribution in [-0.2, 0) is 15.0 Å². The average molecular weight is 423 g/mol. The van der Waals surface area contributed by atoms with Crippen LogP contribution in [0.2, 0.25) is 0 Å². The van der Waals surface area contributed by atoms with Crippen LogP contribution in [0.15, 0.2) is 52.6 Å². The van der Waals surface area contributed by atoms with Crippen LogP contribution < -0.4 is 10.6 Å². The molecule has 1 spiro atoms. The molecule has 27 heavy (non-hydrogen) atoms. The Labute approximate surface area is 165 Å². The molecule has 135 valence electrons. The first-order valence-electron chi connectivity index (χ1n) is 9.00. The average Bonchev–Trinajstić information content (AvgIpc) is 3.22. The van der Waals surface area contributed by atoms with Crippen LogP contribution in [0, 0.1) is 0 Å². The molecule has 3 aliphatic rings. The first-order chi connectivity index (χ1) is 13.1. The minimum Gasteiger partial charge on any atom is -0.337 e. The standard InChI is InChI=1S/C21H17BrN3O2/c22-14-5-6-17-15(12-14)21(20(27)24-17)7-9-25(10-8-21)19(26)18-11-13-3-1-2-4-16(13)23-18/h1-6,11-12H,7-10H2,(H,24,27). The topological polar surface area (TPSA) is 63.5 Å². The maximum atomic E-state index is 12.9. The molecule has 0 bridgehead atoms. The number of nitrogens with zero attached hydrogens (tertiary/aromatic N) is 2. The third kappa shape index (κ3) is 2.51. The van der Waals surface area contributed by atoms with Crippen LogP contribution in [0.5, 0.6) is 0 Å². The Morgan fingerprint density at radius 3 is 2.70 bits per heavy atom. The van der Waals surface area contributed by atoms with Crippen molar-refractivity contribution < 1.29 is 9.59 Å². The van der Waals surface area contributed by atoms with E-state index >= 15 is 0 Å². The summed E-state index contributed by atoms with van der Waals surface area (Å²) in [6.07, 6.45) is 3.08. The number of fused-ring (bicyclic) bond motifs is 3. The van der Waals surface area contributed by atoms with Crippen LogP contribution in [0.25, 0.3) is 6.08 Å². The maximum Gasteiger partial charge on any atom is 0.272 e. The number of amides is 2. The summed E-state index contributed by atoms with van der Waals surface area (Å²) in [5, 5.41) is 7.47. The lowest BCUT2D eigenvalue weighted by Gasteiger charge is -2.38. The largest absolute Gasteiger partial charge is 0.337 e. The number of para-hydroxylation sites is 1. The Morgan fingerprint density at radius 2 is 1.93 bits per heavy atom. The molecule has 1 radical (unpaired) electrons. The summed E-state index contributed by atoms with van der Waals surface area (Å²) in [5.74, 6) is -0.0196. The molecule has 0 aliphatic carbocycles. The van der Waals surface area contributed by atoms with Crippen molar-refractivity contribution in [2.75, 3.05) is 18.4 Å². The van der Waals surface area contributed by atoms with Gasteiger partial charge < -0.3 is 10.2 Å². The van der Waals surface area contributed by atoms with Crippen molar-refractivity contribution in [2.24, 2.45) is 0 Å². The van der Waals surface area contributed by atoms with Gasteiger partial charge in [-0.1, -0.05) is 34.1 Å². The summed E-state index contributed by atoms with van der Waals surface area (Å²) < 4.78 is 0.961. The quantitative estimate of drug-likeness (QED) is 0.763. The molecule has 1 fully saturated rings. The van der Waals surface area contributed by atoms with Gasteiger partial charge in [0, 0.05) is 28.8 Å². The molecule has 1 saturated heterocycles. The highest BCUT2D eigenvalue weighted by Crippen LogP contribution is 2.46. The van der Waals surface area contributed by atoms with E-state index in [4.69, 9.17) is 0 Å². The lowest BCUT2D eigenvalue weighted by atomic mass is 9.73. The minimum atomic E-state index is -0.542. The van der Waals surface area contributed by atoms with Gasteiger partial charge in [-0.05, 0) is 48.7 Å². The van der Waals surface area contributed by atoms with Crippen LogP contribution >= 0.6 is 15.9 Å². The Morgan fingerprint density at radius 1 is 1.15 bits per heavy atom. The highest BCUT2D eigenvalue weighted by Gasteiger charge is 2.49. The Balaban J connectivity index is 1.35. The molecular weight excluding hydrogens is 406 g/mol. The number of nitrogens with one attached hydrogen (secondary N) is 1. The van der Waals surface area contributed by atoms with E-state index in [1.54, 1.807) is 0 Å². The monoisotopic (exact) mass is 422 g/mol. The van der Waals surface area contributed by atoms with E-state index in [-0.39, 0.29) is 11.8 Å². The van der Waals surface area contributed by atoms with Gasteiger partial charge in [-0.2, -0.15) is 0 Å². The van der Waals surface area contributed by atoms with Crippen LogP contribution in [0.1, 0.15) is 24.0 Å². The molecule has 2 aromatic rings. The number of rotatable bonds is 1. The van der Waals surface area contributed by atoms with Crippen LogP contribution in [-0.4, -0.2) is 29.8 Å². The SMILES string of the molecule is O=C(C1=Cc2ccccc2[N]1)N1CCC2(CC1)C(=O)Nc1ccc(Br)cc12. The van der Waals surface area contributed by atoms with Gasteiger partial charge >= 0.3 is 0 Å². The Bertz CT molecular complexity index is 1010. The highest BCUT2D eigenvalue weighted by molar-refractivity contribution is 9.10. The highest BCUT2D eigenvalue weighted by atomic mass is 79.9. The Kier molecular flexibility index (Phi) is 3.65. The molecule has 0 atom stereocenters. The Hall–Kier alpha value is -2.60. The third-order valence-electron chi connectivity index (χ3n) is 5.77. The van der Waals surface area contributed by atoms with E-state index in [0.717, 1.165) is 27.0 Å². The van der Waals surface area contributed by atoms with Gasteiger partial charge in [-0.15, -0.1) is 0 Å². The van der Waals surface area contributed by atoms with Crippen LogP contribution in [0.4, 0.5) is 11.4 Å². The number of benzene rings is 2. The second-order valence-electron chi connectivity index (χ2n) is 7.22. The lowest BCUT2D eigenvalue weighted by molar-refractivity contribution is -0.132. The fourth-order valence-electron chi connectivity index (χ4n) is 4.27. The summed E-state index contributed by atoms with van der Waals surface area (Å²) in [4.78, 5) is 27.5. The van der Waals surface area contributed by atoms with Gasteiger partial charge in [-0.25, -0.2) is 5.32 Å². The zero-order chi connectivity index (χ0) is 18.6. The number of hydrogen-bond acceptors (Lipinski definition) is 2. The van der Waals surface area contributed by atoms with Gasteiger partial charge in [-0.3, -0.25) is 9.59 Å². The number of piperidine rings is 1. The smallest absolute Gasteiger partial charge is 0.272 e. The predicted octanol–water partition coefficient (Wildman–Crippen LogP) is 3.55. The zero-order valence-electron chi connectivity index (χ0n) is 14.5. The first-order valence-corrected chi connectivity index (χ1v) is 9.79. The predicted molar refractivity (Wildman–Crippen MR) is 106 cm³/mol. The number of likely N-dealkylation sites (tertiary alicyclic amines) is 1. The molecule has 3 aliphatic heterocycles. The second-order valence-corrected chi connectivity index (χ2v) is 8.13. The van der Waals surface area contributed by atoms with Gasteiger partial charge in [0.15, 0.2) is 0 Å². The van der Waals surface area contributed by atoms with Gasteiger partial charge in [0.1, 0.15) is 5.70 Å². The van der Waals surface area contributed by atoms with E-state index in [9.17, 15) is 9.59 Å². The number of anilines is 1. The van der Waals surface area contributed by atoms with E-state index < -0.39 is 5.41 Å². The molecular formula is C21H17BrN3O2. The number of hydrogen-bond donors (Lipinski definition) is 1. The first kappa shape index (κ1) is 16.6. The lowest BCUT2D eigenvalue weighted by Crippen LogP contribution is -2.48. The van der Waals surface area contributed by atoms with Crippen molar-refractivity contribution in [1.82, 2.24) is 10.2 Å². The van der Waals surface area contributed by atoms with E-state index in [0.29, 0.717) is 31.6 Å². The minimum absolute atomic E-state index is 0.0415. The number of carbonyl (C=O) groups is 2. The summed E-state index contributed by atoms with van der Waals surface area (Å²) in [5.41, 5.74) is 3.66. The molecule has 3 heterocycles. The summed E-state index contributed by atoms with van der Waals surface area (Å²) in [7, 11) is 0. The normalized spacial score (nSPS) is 19.2. The van der Waals surface area contributed by atoms with Crippen molar-refractivity contribution in [3.05, 3.63) is 63.8 Å². The molecule has 0 aromatic heterocycles. The fourth-order valence-corrected chi connectivity index (χ4v) is 4.63.